The SMILES string of the molecule is CCNC(C)c1ccc(-n2cncn2)c(Br)c1. The van der Waals surface area contributed by atoms with Gasteiger partial charge in [0.15, 0.2) is 0 Å². The molecule has 1 atom stereocenters. The van der Waals surface area contributed by atoms with Crippen LogP contribution in [0.5, 0.6) is 0 Å². The molecule has 0 amide bonds. The first kappa shape index (κ1) is 12.3. The number of aromatic nitrogens is 3. The normalized spacial score (nSPS) is 12.6. The maximum Gasteiger partial charge on any atom is 0.138 e. The Labute approximate surface area is 109 Å². The van der Waals surface area contributed by atoms with Crippen LogP contribution in [0.15, 0.2) is 35.3 Å². The third-order valence-corrected chi connectivity index (χ3v) is 3.28. The average Bonchev–Trinajstić information content (AvgIpc) is 2.82. The van der Waals surface area contributed by atoms with Gasteiger partial charge in [0.1, 0.15) is 12.7 Å². The molecule has 90 valence electrons. The van der Waals surface area contributed by atoms with Gasteiger partial charge in [0.05, 0.1) is 5.69 Å². The smallest absolute Gasteiger partial charge is 0.138 e. The third kappa shape index (κ3) is 2.73. The van der Waals surface area contributed by atoms with Crippen molar-refractivity contribution in [3.63, 3.8) is 0 Å². The van der Waals surface area contributed by atoms with Crippen molar-refractivity contribution in [3.8, 4) is 5.69 Å². The lowest BCUT2D eigenvalue weighted by Gasteiger charge is -2.14. The second kappa shape index (κ2) is 5.42. The van der Waals surface area contributed by atoms with Crippen LogP contribution in [-0.2, 0) is 0 Å². The van der Waals surface area contributed by atoms with Gasteiger partial charge in [-0.2, -0.15) is 5.10 Å². The largest absolute Gasteiger partial charge is 0.310 e. The number of hydrogen-bond acceptors (Lipinski definition) is 3. The molecule has 0 fully saturated rings. The Morgan fingerprint density at radius 2 is 2.29 bits per heavy atom. The monoisotopic (exact) mass is 294 g/mol. The molecule has 0 bridgehead atoms. The molecule has 2 aromatic rings. The van der Waals surface area contributed by atoms with Crippen LogP contribution in [0.3, 0.4) is 0 Å². The van der Waals surface area contributed by atoms with E-state index < -0.39 is 0 Å². The summed E-state index contributed by atoms with van der Waals surface area (Å²) in [5.74, 6) is 0. The first-order chi connectivity index (χ1) is 8.22. The van der Waals surface area contributed by atoms with Gasteiger partial charge in [-0.25, -0.2) is 9.67 Å². The Bertz CT molecular complexity index is 481. The maximum atomic E-state index is 4.12. The number of hydrogen-bond donors (Lipinski definition) is 1. The van der Waals surface area contributed by atoms with Crippen molar-refractivity contribution in [3.05, 3.63) is 40.9 Å². The van der Waals surface area contributed by atoms with Gasteiger partial charge in [-0.1, -0.05) is 13.0 Å². The first-order valence-corrected chi connectivity index (χ1v) is 6.39. The van der Waals surface area contributed by atoms with Crippen molar-refractivity contribution in [2.75, 3.05) is 6.54 Å². The Balaban J connectivity index is 2.29. The second-order valence-electron chi connectivity index (χ2n) is 3.83. The lowest BCUT2D eigenvalue weighted by Crippen LogP contribution is -2.17. The van der Waals surface area contributed by atoms with Gasteiger partial charge in [0.25, 0.3) is 0 Å². The lowest BCUT2D eigenvalue weighted by molar-refractivity contribution is 0.597. The highest BCUT2D eigenvalue weighted by atomic mass is 79.9. The van der Waals surface area contributed by atoms with E-state index in [0.717, 1.165) is 16.7 Å². The van der Waals surface area contributed by atoms with E-state index in [1.807, 2.05) is 6.07 Å². The summed E-state index contributed by atoms with van der Waals surface area (Å²) in [5.41, 5.74) is 2.25. The van der Waals surface area contributed by atoms with E-state index in [9.17, 15) is 0 Å². The summed E-state index contributed by atoms with van der Waals surface area (Å²) in [6, 6.07) is 6.61. The lowest BCUT2D eigenvalue weighted by atomic mass is 10.1. The van der Waals surface area contributed by atoms with Crippen LogP contribution in [-0.4, -0.2) is 21.3 Å². The minimum atomic E-state index is 0.348. The number of benzene rings is 1. The highest BCUT2D eigenvalue weighted by Gasteiger charge is 2.08. The highest BCUT2D eigenvalue weighted by molar-refractivity contribution is 9.10. The highest BCUT2D eigenvalue weighted by Crippen LogP contribution is 2.24. The molecule has 0 radical (unpaired) electrons. The average molecular weight is 295 g/mol. The summed E-state index contributed by atoms with van der Waals surface area (Å²) in [6.45, 7) is 5.22. The summed E-state index contributed by atoms with van der Waals surface area (Å²) in [5, 5.41) is 7.51. The van der Waals surface area contributed by atoms with Crippen LogP contribution in [0.25, 0.3) is 5.69 Å². The van der Waals surface area contributed by atoms with Crippen LogP contribution in [0.1, 0.15) is 25.5 Å². The van der Waals surface area contributed by atoms with Crippen molar-refractivity contribution in [2.45, 2.75) is 19.9 Å². The van der Waals surface area contributed by atoms with Gasteiger partial charge in [-0.3, -0.25) is 0 Å². The van der Waals surface area contributed by atoms with E-state index in [-0.39, 0.29) is 0 Å². The Hall–Kier alpha value is -1.20. The summed E-state index contributed by atoms with van der Waals surface area (Å²) in [7, 11) is 0. The minimum Gasteiger partial charge on any atom is -0.310 e. The van der Waals surface area contributed by atoms with Crippen molar-refractivity contribution >= 4 is 15.9 Å². The van der Waals surface area contributed by atoms with Crippen molar-refractivity contribution in [2.24, 2.45) is 0 Å². The number of nitrogens with zero attached hydrogens (tertiary/aromatic N) is 3. The number of halogens is 1. The molecule has 1 heterocycles. The molecule has 1 N–H and O–H groups in total. The van der Waals surface area contributed by atoms with Gasteiger partial charge >= 0.3 is 0 Å². The summed E-state index contributed by atoms with van der Waals surface area (Å²) in [4.78, 5) is 3.95. The Kier molecular flexibility index (Phi) is 3.91. The van der Waals surface area contributed by atoms with Crippen LogP contribution in [0.4, 0.5) is 0 Å². The zero-order valence-electron chi connectivity index (χ0n) is 9.89. The first-order valence-electron chi connectivity index (χ1n) is 5.60. The van der Waals surface area contributed by atoms with E-state index in [4.69, 9.17) is 0 Å². The summed E-state index contributed by atoms with van der Waals surface area (Å²) in [6.07, 6.45) is 3.22. The molecular weight excluding hydrogens is 280 g/mol. The molecule has 0 aliphatic rings. The Morgan fingerprint density at radius 1 is 1.47 bits per heavy atom. The molecule has 0 aliphatic carbocycles. The van der Waals surface area contributed by atoms with E-state index in [1.165, 1.54) is 11.9 Å². The van der Waals surface area contributed by atoms with Gasteiger partial charge in [-0.05, 0) is 47.1 Å². The number of nitrogens with one attached hydrogen (secondary N) is 1. The quantitative estimate of drug-likeness (QED) is 0.943. The van der Waals surface area contributed by atoms with E-state index in [0.29, 0.717) is 6.04 Å². The number of rotatable bonds is 4. The molecule has 0 saturated carbocycles. The van der Waals surface area contributed by atoms with Crippen molar-refractivity contribution in [1.29, 1.82) is 0 Å². The fourth-order valence-corrected chi connectivity index (χ4v) is 2.31. The minimum absolute atomic E-state index is 0.348. The maximum absolute atomic E-state index is 4.12. The molecule has 17 heavy (non-hydrogen) atoms. The van der Waals surface area contributed by atoms with Gasteiger partial charge in [0.2, 0.25) is 0 Å². The predicted octanol–water partition coefficient (Wildman–Crippen LogP) is 2.70. The van der Waals surface area contributed by atoms with E-state index in [1.54, 1.807) is 11.0 Å². The molecular formula is C12H15BrN4. The van der Waals surface area contributed by atoms with E-state index in [2.05, 4.69) is 57.3 Å². The van der Waals surface area contributed by atoms with Crippen LogP contribution < -0.4 is 5.32 Å². The second-order valence-corrected chi connectivity index (χ2v) is 4.68. The molecule has 4 nitrogen and oxygen atoms in total. The summed E-state index contributed by atoms with van der Waals surface area (Å²) < 4.78 is 2.76. The van der Waals surface area contributed by atoms with Gasteiger partial charge < -0.3 is 5.32 Å². The van der Waals surface area contributed by atoms with Crippen molar-refractivity contribution < 1.29 is 0 Å². The topological polar surface area (TPSA) is 42.7 Å². The molecule has 1 unspecified atom stereocenters. The standard InChI is InChI=1S/C12H15BrN4/c1-3-15-9(2)10-4-5-12(11(13)6-10)17-8-14-7-16-17/h4-9,15H,3H2,1-2H3. The van der Waals surface area contributed by atoms with Crippen LogP contribution >= 0.6 is 15.9 Å². The summed E-state index contributed by atoms with van der Waals surface area (Å²) >= 11 is 3.57. The predicted molar refractivity (Wildman–Crippen MR) is 71.2 cm³/mol. The fraction of sp³-hybridized carbons (Fsp3) is 0.333. The molecule has 0 saturated heterocycles. The van der Waals surface area contributed by atoms with Crippen LogP contribution in [0.2, 0.25) is 0 Å². The molecule has 1 aromatic heterocycles. The van der Waals surface area contributed by atoms with Crippen LogP contribution in [0, 0.1) is 0 Å². The zero-order chi connectivity index (χ0) is 12.3. The van der Waals surface area contributed by atoms with Gasteiger partial charge in [0, 0.05) is 10.5 Å². The molecule has 1 aromatic carbocycles. The molecule has 2 rings (SSSR count). The molecule has 0 aliphatic heterocycles. The van der Waals surface area contributed by atoms with E-state index >= 15 is 0 Å². The third-order valence-electron chi connectivity index (χ3n) is 2.65. The zero-order valence-corrected chi connectivity index (χ0v) is 11.5. The Morgan fingerprint density at radius 3 is 2.88 bits per heavy atom. The fourth-order valence-electron chi connectivity index (χ4n) is 1.73. The van der Waals surface area contributed by atoms with Crippen molar-refractivity contribution in [1.82, 2.24) is 20.1 Å². The molecule has 0 spiro atoms. The van der Waals surface area contributed by atoms with Gasteiger partial charge in [-0.15, -0.1) is 0 Å². The molecule has 5 heteroatoms.